The lowest BCUT2D eigenvalue weighted by Crippen LogP contribution is -2.01. The van der Waals surface area contributed by atoms with Gasteiger partial charge in [0.2, 0.25) is 0 Å². The van der Waals surface area contributed by atoms with Crippen molar-refractivity contribution in [3.8, 4) is 50.5 Å². The molecule has 3 nitrogen and oxygen atoms in total. The zero-order chi connectivity index (χ0) is 31.3. The third-order valence-corrected chi connectivity index (χ3v) is 8.90. The van der Waals surface area contributed by atoms with E-state index < -0.39 is 0 Å². The predicted octanol–water partition coefficient (Wildman–Crippen LogP) is 11.7. The molecule has 0 saturated carbocycles. The lowest BCUT2D eigenvalue weighted by atomic mass is 9.96. The molecule has 222 valence electrons. The minimum atomic E-state index is -0.336. The summed E-state index contributed by atoms with van der Waals surface area (Å²) in [5.74, 6) is 0.414. The van der Waals surface area contributed by atoms with Crippen LogP contribution in [0, 0.1) is 5.82 Å². The number of para-hydroxylation sites is 2. The molecule has 2 heterocycles. The zero-order valence-electron chi connectivity index (χ0n) is 25.3. The SMILES string of the molecule is Fc1ccc2c(c1)oc1c(-c3nc4ccccc4n3-c3ccc(-c4ccccc4)cc3-c3ccccc3)ccc(-c3ccccc3)c12. The molecular weight excluding hydrogens is 579 g/mol. The fraction of sp³-hybridized carbons (Fsp3) is 0. The van der Waals surface area contributed by atoms with Gasteiger partial charge in [-0.2, -0.15) is 0 Å². The fourth-order valence-corrected chi connectivity index (χ4v) is 6.73. The minimum Gasteiger partial charge on any atom is -0.455 e. The van der Waals surface area contributed by atoms with E-state index in [4.69, 9.17) is 9.40 Å². The van der Waals surface area contributed by atoms with Gasteiger partial charge in [-0.15, -0.1) is 0 Å². The average Bonchev–Trinajstić information content (AvgIpc) is 3.71. The molecule has 0 radical (unpaired) electrons. The van der Waals surface area contributed by atoms with Crippen LogP contribution in [0.5, 0.6) is 0 Å². The minimum absolute atomic E-state index is 0.336. The van der Waals surface area contributed by atoms with Crippen molar-refractivity contribution in [2.75, 3.05) is 0 Å². The van der Waals surface area contributed by atoms with E-state index in [1.165, 1.54) is 12.1 Å². The Balaban J connectivity index is 1.36. The molecule has 47 heavy (non-hydrogen) atoms. The maximum Gasteiger partial charge on any atom is 0.149 e. The Morgan fingerprint density at radius 2 is 1.15 bits per heavy atom. The molecule has 0 saturated heterocycles. The molecular formula is C43H27FN2O. The van der Waals surface area contributed by atoms with Crippen LogP contribution < -0.4 is 0 Å². The fourth-order valence-electron chi connectivity index (χ4n) is 6.73. The second-order valence-electron chi connectivity index (χ2n) is 11.7. The van der Waals surface area contributed by atoms with Gasteiger partial charge in [-0.05, 0) is 70.3 Å². The highest BCUT2D eigenvalue weighted by Crippen LogP contribution is 2.44. The summed E-state index contributed by atoms with van der Waals surface area (Å²) in [6.07, 6.45) is 0. The standard InChI is InChI=1S/C43H27FN2O/c44-32-21-22-34-40(27-32)47-42-35(24-23-33(41(34)42)29-14-6-2-7-15-29)43-45-37-18-10-11-19-39(37)46(43)38-25-20-31(28-12-4-1-5-13-28)26-36(38)30-16-8-3-9-17-30/h1-27H. The van der Waals surface area contributed by atoms with E-state index in [-0.39, 0.29) is 5.82 Å². The van der Waals surface area contributed by atoms with E-state index in [0.717, 1.165) is 72.3 Å². The van der Waals surface area contributed by atoms with Crippen LogP contribution in [0.15, 0.2) is 168 Å². The van der Waals surface area contributed by atoms with E-state index >= 15 is 0 Å². The maximum atomic E-state index is 14.5. The van der Waals surface area contributed by atoms with Crippen molar-refractivity contribution in [1.29, 1.82) is 0 Å². The summed E-state index contributed by atoms with van der Waals surface area (Å²) in [6, 6.07) is 55.0. The van der Waals surface area contributed by atoms with Crippen molar-refractivity contribution in [3.05, 3.63) is 170 Å². The first-order valence-electron chi connectivity index (χ1n) is 15.7. The summed E-state index contributed by atoms with van der Waals surface area (Å²) in [7, 11) is 0. The number of fused-ring (bicyclic) bond motifs is 4. The molecule has 0 bridgehead atoms. The summed E-state index contributed by atoms with van der Waals surface area (Å²) in [5, 5.41) is 1.80. The Morgan fingerprint density at radius 3 is 1.89 bits per heavy atom. The number of imidazole rings is 1. The molecule has 7 aromatic carbocycles. The Morgan fingerprint density at radius 1 is 0.511 bits per heavy atom. The molecule has 4 heteroatoms. The zero-order valence-corrected chi connectivity index (χ0v) is 25.3. The Labute approximate surface area is 270 Å². The molecule has 9 aromatic rings. The van der Waals surface area contributed by atoms with Crippen molar-refractivity contribution < 1.29 is 8.81 Å². The predicted molar refractivity (Wildman–Crippen MR) is 190 cm³/mol. The number of rotatable bonds is 5. The molecule has 0 N–H and O–H groups in total. The number of hydrogen-bond donors (Lipinski definition) is 0. The van der Waals surface area contributed by atoms with Gasteiger partial charge in [-0.25, -0.2) is 9.37 Å². The largest absolute Gasteiger partial charge is 0.455 e. The van der Waals surface area contributed by atoms with Crippen LogP contribution in [-0.2, 0) is 0 Å². The first-order chi connectivity index (χ1) is 23.2. The van der Waals surface area contributed by atoms with Gasteiger partial charge in [0.15, 0.2) is 0 Å². The Kier molecular flexibility index (Phi) is 6.32. The van der Waals surface area contributed by atoms with Gasteiger partial charge in [0.1, 0.15) is 22.8 Å². The van der Waals surface area contributed by atoms with Gasteiger partial charge in [0, 0.05) is 22.4 Å². The topological polar surface area (TPSA) is 31.0 Å². The Hall–Kier alpha value is -6.26. The normalized spacial score (nSPS) is 11.5. The molecule has 0 amide bonds. The average molecular weight is 607 g/mol. The maximum absolute atomic E-state index is 14.5. The first-order valence-corrected chi connectivity index (χ1v) is 15.7. The summed E-state index contributed by atoms with van der Waals surface area (Å²) in [5.41, 5.74) is 11.4. The molecule has 2 aromatic heterocycles. The highest BCUT2D eigenvalue weighted by molar-refractivity contribution is 6.16. The molecule has 0 aliphatic rings. The van der Waals surface area contributed by atoms with E-state index in [2.05, 4.69) is 102 Å². The van der Waals surface area contributed by atoms with Crippen LogP contribution in [0.3, 0.4) is 0 Å². The summed E-state index contributed by atoms with van der Waals surface area (Å²) < 4.78 is 23.3. The van der Waals surface area contributed by atoms with E-state index in [0.29, 0.717) is 11.2 Å². The van der Waals surface area contributed by atoms with Crippen molar-refractivity contribution in [3.63, 3.8) is 0 Å². The molecule has 0 aliphatic heterocycles. The molecule has 0 unspecified atom stereocenters. The number of hydrogen-bond acceptors (Lipinski definition) is 2. The van der Waals surface area contributed by atoms with Crippen molar-refractivity contribution in [2.24, 2.45) is 0 Å². The summed E-state index contributed by atoms with van der Waals surface area (Å²) in [6.45, 7) is 0. The smallest absolute Gasteiger partial charge is 0.149 e. The second-order valence-corrected chi connectivity index (χ2v) is 11.7. The summed E-state index contributed by atoms with van der Waals surface area (Å²) >= 11 is 0. The van der Waals surface area contributed by atoms with Crippen molar-refractivity contribution in [2.45, 2.75) is 0 Å². The van der Waals surface area contributed by atoms with Crippen molar-refractivity contribution >= 4 is 33.0 Å². The van der Waals surface area contributed by atoms with Crippen LogP contribution in [0.1, 0.15) is 0 Å². The number of furan rings is 1. The van der Waals surface area contributed by atoms with Gasteiger partial charge in [-0.3, -0.25) is 4.57 Å². The third-order valence-electron chi connectivity index (χ3n) is 8.90. The highest BCUT2D eigenvalue weighted by Gasteiger charge is 2.24. The van der Waals surface area contributed by atoms with Gasteiger partial charge in [0.05, 0.1) is 22.3 Å². The van der Waals surface area contributed by atoms with Crippen LogP contribution in [0.4, 0.5) is 4.39 Å². The van der Waals surface area contributed by atoms with E-state index in [1.54, 1.807) is 0 Å². The van der Waals surface area contributed by atoms with Crippen LogP contribution in [0.2, 0.25) is 0 Å². The molecule has 9 rings (SSSR count). The third kappa shape index (κ3) is 4.53. The first kappa shape index (κ1) is 27.1. The van der Waals surface area contributed by atoms with Gasteiger partial charge < -0.3 is 4.42 Å². The monoisotopic (exact) mass is 606 g/mol. The number of nitrogens with zero attached hydrogens (tertiary/aromatic N) is 2. The molecule has 0 atom stereocenters. The van der Waals surface area contributed by atoms with Gasteiger partial charge in [0.25, 0.3) is 0 Å². The number of halogens is 1. The number of aromatic nitrogens is 2. The van der Waals surface area contributed by atoms with Crippen molar-refractivity contribution in [1.82, 2.24) is 9.55 Å². The molecule has 0 spiro atoms. The highest BCUT2D eigenvalue weighted by atomic mass is 19.1. The van der Waals surface area contributed by atoms with E-state index in [9.17, 15) is 4.39 Å². The van der Waals surface area contributed by atoms with Crippen LogP contribution in [0.25, 0.3) is 83.4 Å². The molecule has 0 aliphatic carbocycles. The quantitative estimate of drug-likeness (QED) is 0.195. The van der Waals surface area contributed by atoms with E-state index in [1.807, 2.05) is 54.6 Å². The molecule has 0 fully saturated rings. The van der Waals surface area contributed by atoms with Crippen LogP contribution >= 0.6 is 0 Å². The van der Waals surface area contributed by atoms with Gasteiger partial charge >= 0.3 is 0 Å². The van der Waals surface area contributed by atoms with Gasteiger partial charge in [-0.1, -0.05) is 115 Å². The lowest BCUT2D eigenvalue weighted by molar-refractivity contribution is 0.618. The van der Waals surface area contributed by atoms with Crippen LogP contribution in [-0.4, -0.2) is 9.55 Å². The Bertz CT molecular complexity index is 2570. The second kappa shape index (κ2) is 11.0. The summed E-state index contributed by atoms with van der Waals surface area (Å²) in [4.78, 5) is 5.24. The number of benzene rings is 7. The lowest BCUT2D eigenvalue weighted by Gasteiger charge is -2.17.